The number of aromatic nitrogens is 3. The lowest BCUT2D eigenvalue weighted by atomic mass is 9.99. The summed E-state index contributed by atoms with van der Waals surface area (Å²) in [6, 6.07) is 11.3. The molecule has 2 aromatic heterocycles. The van der Waals surface area contributed by atoms with Gasteiger partial charge in [0.1, 0.15) is 0 Å². The Morgan fingerprint density at radius 3 is 2.56 bits per heavy atom. The minimum atomic E-state index is -0.281. The molecule has 0 unspecified atom stereocenters. The molecule has 0 fully saturated rings. The Hall–Kier alpha value is -2.40. The zero-order chi connectivity index (χ0) is 18.0. The molecule has 25 heavy (non-hydrogen) atoms. The summed E-state index contributed by atoms with van der Waals surface area (Å²) in [6.07, 6.45) is 1.89. The quantitative estimate of drug-likeness (QED) is 0.657. The van der Waals surface area contributed by atoms with Crippen molar-refractivity contribution in [3.63, 3.8) is 0 Å². The Balaban J connectivity index is 1.76. The van der Waals surface area contributed by atoms with Crippen LogP contribution in [0, 0.1) is 5.41 Å². The Bertz CT molecular complexity index is 895. The average Bonchev–Trinajstić information content (AvgIpc) is 2.94. The molecule has 0 spiro atoms. The third-order valence-electron chi connectivity index (χ3n) is 3.50. The lowest BCUT2D eigenvalue weighted by molar-refractivity contribution is -0.145. The highest BCUT2D eigenvalue weighted by atomic mass is 35.5. The van der Waals surface area contributed by atoms with Gasteiger partial charge in [0.25, 0.3) is 0 Å². The lowest BCUT2D eigenvalue weighted by Gasteiger charge is -2.17. The highest BCUT2D eigenvalue weighted by molar-refractivity contribution is 6.30. The molecule has 1 aromatic carbocycles. The van der Waals surface area contributed by atoms with Crippen molar-refractivity contribution in [1.82, 2.24) is 14.6 Å². The Kier molecular flexibility index (Phi) is 4.77. The van der Waals surface area contributed by atoms with Crippen LogP contribution >= 0.6 is 11.6 Å². The van der Waals surface area contributed by atoms with Crippen molar-refractivity contribution in [3.05, 3.63) is 53.3 Å². The maximum Gasteiger partial charge on any atom is 0.311 e. The number of nitrogens with zero attached hydrogens (tertiary/aromatic N) is 3. The van der Waals surface area contributed by atoms with E-state index in [9.17, 15) is 4.79 Å². The molecule has 0 radical (unpaired) electrons. The van der Waals surface area contributed by atoms with Gasteiger partial charge < -0.3 is 4.74 Å². The van der Waals surface area contributed by atoms with Gasteiger partial charge >= 0.3 is 5.97 Å². The summed E-state index contributed by atoms with van der Waals surface area (Å²) in [5, 5.41) is 5.23. The number of esters is 1. The van der Waals surface area contributed by atoms with Gasteiger partial charge in [-0.1, -0.05) is 44.5 Å². The van der Waals surface area contributed by atoms with Gasteiger partial charge in [0.2, 0.25) is 0 Å². The number of benzene rings is 1. The number of ether oxygens (including phenoxy) is 1. The van der Waals surface area contributed by atoms with Crippen molar-refractivity contribution in [2.24, 2.45) is 5.41 Å². The molecule has 0 bridgehead atoms. The minimum absolute atomic E-state index is 0.0520. The van der Waals surface area contributed by atoms with E-state index < -0.39 is 0 Å². The van der Waals surface area contributed by atoms with Crippen LogP contribution in [0.2, 0.25) is 5.02 Å². The first kappa shape index (κ1) is 17.4. The van der Waals surface area contributed by atoms with Crippen molar-refractivity contribution in [2.45, 2.75) is 27.2 Å². The molecule has 0 aliphatic heterocycles. The predicted molar refractivity (Wildman–Crippen MR) is 97.6 cm³/mol. The van der Waals surface area contributed by atoms with E-state index in [2.05, 4.69) is 10.1 Å². The molecule has 0 saturated heterocycles. The number of carbonyl (C=O) groups excluding carboxylic acids is 1. The van der Waals surface area contributed by atoms with Crippen LogP contribution in [-0.2, 0) is 16.0 Å². The van der Waals surface area contributed by atoms with Gasteiger partial charge in [0.15, 0.2) is 5.65 Å². The molecule has 2 heterocycles. The highest BCUT2D eigenvalue weighted by Gasteiger charge is 2.15. The normalized spacial score (nSPS) is 11.7. The molecule has 0 amide bonds. The Morgan fingerprint density at radius 1 is 1.16 bits per heavy atom. The number of fused-ring (bicyclic) bond motifs is 1. The van der Waals surface area contributed by atoms with Crippen molar-refractivity contribution in [3.8, 4) is 11.3 Å². The average molecular weight is 358 g/mol. The van der Waals surface area contributed by atoms with Crippen LogP contribution in [0.1, 0.15) is 26.5 Å². The monoisotopic (exact) mass is 357 g/mol. The van der Waals surface area contributed by atoms with Crippen LogP contribution in [0.5, 0.6) is 0 Å². The molecular formula is C19H20ClN3O2. The Morgan fingerprint density at radius 2 is 1.88 bits per heavy atom. The second-order valence-electron chi connectivity index (χ2n) is 7.16. The number of carbonyl (C=O) groups is 1. The summed E-state index contributed by atoms with van der Waals surface area (Å²) in [4.78, 5) is 16.4. The van der Waals surface area contributed by atoms with Crippen LogP contribution in [0.3, 0.4) is 0 Å². The van der Waals surface area contributed by atoms with Gasteiger partial charge in [-0.25, -0.2) is 9.50 Å². The summed E-state index contributed by atoms with van der Waals surface area (Å²) in [5.74, 6) is -0.281. The second kappa shape index (κ2) is 6.84. The van der Waals surface area contributed by atoms with Gasteiger partial charge in [0.05, 0.1) is 30.6 Å². The fourth-order valence-electron chi connectivity index (χ4n) is 2.29. The first-order valence-corrected chi connectivity index (χ1v) is 8.45. The fraction of sp³-hybridized carbons (Fsp3) is 0.316. The predicted octanol–water partition coefficient (Wildman–Crippen LogP) is 4.18. The van der Waals surface area contributed by atoms with E-state index in [0.717, 1.165) is 11.3 Å². The standard InChI is InChI=1S/C19H20ClN3O2/c1-19(2,3)12-25-18(24)10-15-11-23-17(21-15)9-8-16(22-23)13-4-6-14(20)7-5-13/h4-9,11H,10,12H2,1-3H3. The first-order valence-electron chi connectivity index (χ1n) is 8.07. The van der Waals surface area contributed by atoms with E-state index in [1.54, 1.807) is 10.7 Å². The number of imidazole rings is 1. The van der Waals surface area contributed by atoms with Crippen LogP contribution in [-0.4, -0.2) is 27.2 Å². The maximum absolute atomic E-state index is 12.0. The largest absolute Gasteiger partial charge is 0.465 e. The van der Waals surface area contributed by atoms with Crippen LogP contribution in [0.25, 0.3) is 16.9 Å². The van der Waals surface area contributed by atoms with Crippen molar-refractivity contribution < 1.29 is 9.53 Å². The number of rotatable bonds is 4. The summed E-state index contributed by atoms with van der Waals surface area (Å²) in [6.45, 7) is 6.45. The van der Waals surface area contributed by atoms with E-state index in [4.69, 9.17) is 16.3 Å². The number of halogens is 1. The van der Waals surface area contributed by atoms with E-state index >= 15 is 0 Å². The van der Waals surface area contributed by atoms with E-state index in [1.165, 1.54) is 0 Å². The molecule has 0 N–H and O–H groups in total. The van der Waals surface area contributed by atoms with Gasteiger partial charge in [-0.3, -0.25) is 4.79 Å². The molecule has 3 aromatic rings. The van der Waals surface area contributed by atoms with Crippen molar-refractivity contribution in [1.29, 1.82) is 0 Å². The topological polar surface area (TPSA) is 56.5 Å². The van der Waals surface area contributed by atoms with Gasteiger partial charge in [-0.15, -0.1) is 0 Å². The third kappa shape index (κ3) is 4.57. The summed E-state index contributed by atoms with van der Waals surface area (Å²) < 4.78 is 6.97. The molecular weight excluding hydrogens is 338 g/mol. The SMILES string of the molecule is CC(C)(C)COC(=O)Cc1cn2nc(-c3ccc(Cl)cc3)ccc2n1. The molecule has 6 heteroatoms. The molecule has 130 valence electrons. The smallest absolute Gasteiger partial charge is 0.311 e. The summed E-state index contributed by atoms with van der Waals surface area (Å²) >= 11 is 5.92. The number of hydrogen-bond acceptors (Lipinski definition) is 4. The van der Waals surface area contributed by atoms with Crippen molar-refractivity contribution in [2.75, 3.05) is 6.61 Å². The van der Waals surface area contributed by atoms with Crippen LogP contribution in [0.15, 0.2) is 42.6 Å². The fourth-order valence-corrected chi connectivity index (χ4v) is 2.41. The molecule has 5 nitrogen and oxygen atoms in total. The minimum Gasteiger partial charge on any atom is -0.465 e. The van der Waals surface area contributed by atoms with Crippen LogP contribution < -0.4 is 0 Å². The van der Waals surface area contributed by atoms with E-state index in [-0.39, 0.29) is 17.8 Å². The van der Waals surface area contributed by atoms with Crippen molar-refractivity contribution >= 4 is 23.2 Å². The molecule has 0 saturated carbocycles. The zero-order valence-electron chi connectivity index (χ0n) is 14.5. The third-order valence-corrected chi connectivity index (χ3v) is 3.75. The zero-order valence-corrected chi connectivity index (χ0v) is 15.2. The molecule has 3 rings (SSSR count). The van der Waals surface area contributed by atoms with Gasteiger partial charge in [0, 0.05) is 10.6 Å². The van der Waals surface area contributed by atoms with E-state index in [0.29, 0.717) is 23.0 Å². The van der Waals surface area contributed by atoms with Crippen LogP contribution in [0.4, 0.5) is 0 Å². The highest BCUT2D eigenvalue weighted by Crippen LogP contribution is 2.20. The molecule has 0 aliphatic rings. The Labute approximate surface area is 151 Å². The summed E-state index contributed by atoms with van der Waals surface area (Å²) in [5.41, 5.74) is 3.05. The molecule has 0 atom stereocenters. The second-order valence-corrected chi connectivity index (χ2v) is 7.60. The molecule has 0 aliphatic carbocycles. The van der Waals surface area contributed by atoms with E-state index in [1.807, 2.05) is 57.2 Å². The number of hydrogen-bond donors (Lipinski definition) is 0. The maximum atomic E-state index is 12.0. The lowest BCUT2D eigenvalue weighted by Crippen LogP contribution is -2.19. The summed E-state index contributed by atoms with van der Waals surface area (Å²) in [7, 11) is 0. The van der Waals surface area contributed by atoms with Gasteiger partial charge in [-0.05, 0) is 29.7 Å². The van der Waals surface area contributed by atoms with Gasteiger partial charge in [-0.2, -0.15) is 5.10 Å². The first-order chi connectivity index (χ1) is 11.8.